The van der Waals surface area contributed by atoms with Crippen LogP contribution in [0.5, 0.6) is 5.75 Å². The van der Waals surface area contributed by atoms with Gasteiger partial charge >= 0.3 is 5.97 Å². The Kier molecular flexibility index (Phi) is 3.20. The summed E-state index contributed by atoms with van der Waals surface area (Å²) < 4.78 is 5.61. The number of aliphatic carboxylic acids is 1. The topological polar surface area (TPSA) is 87.7 Å². The fraction of sp³-hybridized carbons (Fsp3) is 0.385. The Morgan fingerprint density at radius 1 is 1.47 bits per heavy atom. The molecule has 0 aromatic heterocycles. The Morgan fingerprint density at radius 3 is 2.74 bits per heavy atom. The molecule has 0 aliphatic carbocycles. The van der Waals surface area contributed by atoms with Gasteiger partial charge in [-0.1, -0.05) is 6.07 Å². The Balaban J connectivity index is 2.40. The average molecular weight is 264 g/mol. The molecule has 102 valence electrons. The molecule has 1 atom stereocenters. The van der Waals surface area contributed by atoms with Gasteiger partial charge in [-0.3, -0.25) is 9.59 Å². The number of amides is 1. The van der Waals surface area contributed by atoms with E-state index in [1.807, 2.05) is 0 Å². The van der Waals surface area contributed by atoms with Crippen molar-refractivity contribution in [3.8, 4) is 5.75 Å². The second-order valence-corrected chi connectivity index (χ2v) is 4.88. The molecule has 1 aromatic rings. The molecule has 0 saturated carbocycles. The molecule has 3 N–H and O–H groups in total. The third-order valence-corrected chi connectivity index (χ3v) is 3.03. The maximum absolute atomic E-state index is 11.7. The normalized spacial score (nSPS) is 17.9. The highest BCUT2D eigenvalue weighted by Gasteiger charge is 2.35. The van der Waals surface area contributed by atoms with Crippen LogP contribution in [0.15, 0.2) is 18.2 Å². The van der Waals surface area contributed by atoms with E-state index in [1.54, 1.807) is 39.1 Å². The summed E-state index contributed by atoms with van der Waals surface area (Å²) in [4.78, 5) is 22.8. The second kappa shape index (κ2) is 4.55. The van der Waals surface area contributed by atoms with Crippen molar-refractivity contribution in [3.05, 3.63) is 23.8 Å². The number of hydrogen-bond donors (Lipinski definition) is 3. The molecule has 0 bridgehead atoms. The first-order chi connectivity index (χ1) is 8.85. The third kappa shape index (κ3) is 2.39. The molecule has 1 amide bonds. The fourth-order valence-electron chi connectivity index (χ4n) is 1.93. The van der Waals surface area contributed by atoms with Gasteiger partial charge in [-0.25, -0.2) is 0 Å². The van der Waals surface area contributed by atoms with Crippen LogP contribution in [0.2, 0.25) is 0 Å². The Labute approximate surface area is 110 Å². The van der Waals surface area contributed by atoms with Crippen molar-refractivity contribution in [2.75, 3.05) is 12.4 Å². The van der Waals surface area contributed by atoms with E-state index >= 15 is 0 Å². The van der Waals surface area contributed by atoms with Crippen molar-refractivity contribution in [2.45, 2.75) is 25.5 Å². The van der Waals surface area contributed by atoms with E-state index in [1.165, 1.54) is 0 Å². The maximum Gasteiger partial charge on any atom is 0.325 e. The summed E-state index contributed by atoms with van der Waals surface area (Å²) in [6.45, 7) is 3.31. The third-order valence-electron chi connectivity index (χ3n) is 3.03. The number of likely N-dealkylation sites (N-methyl/N-ethyl adjacent to an activating group) is 1. The zero-order valence-electron chi connectivity index (χ0n) is 11.0. The molecule has 1 unspecified atom stereocenters. The number of carbonyl (C=O) groups excluding carboxylic acids is 1. The van der Waals surface area contributed by atoms with Crippen LogP contribution in [-0.2, 0) is 9.59 Å². The van der Waals surface area contributed by atoms with Gasteiger partial charge in [-0.2, -0.15) is 0 Å². The number of fused-ring (bicyclic) bond motifs is 1. The number of anilines is 1. The minimum atomic E-state index is -0.971. The summed E-state index contributed by atoms with van der Waals surface area (Å²) in [6.07, 6.45) is 0. The fourth-order valence-corrected chi connectivity index (χ4v) is 1.93. The lowest BCUT2D eigenvalue weighted by atomic mass is 10.0. The molecule has 0 fully saturated rings. The van der Waals surface area contributed by atoms with E-state index < -0.39 is 17.6 Å². The number of nitrogens with one attached hydrogen (secondary N) is 2. The Morgan fingerprint density at radius 2 is 2.16 bits per heavy atom. The van der Waals surface area contributed by atoms with E-state index in [-0.39, 0.29) is 5.91 Å². The van der Waals surface area contributed by atoms with Crippen molar-refractivity contribution in [3.63, 3.8) is 0 Å². The summed E-state index contributed by atoms with van der Waals surface area (Å²) in [5.74, 6) is -0.721. The van der Waals surface area contributed by atoms with Gasteiger partial charge in [-0.05, 0) is 38.6 Å². The molecule has 1 heterocycles. The van der Waals surface area contributed by atoms with Gasteiger partial charge in [0, 0.05) is 0 Å². The van der Waals surface area contributed by atoms with Gasteiger partial charge in [0.2, 0.25) is 0 Å². The van der Waals surface area contributed by atoms with E-state index in [2.05, 4.69) is 10.6 Å². The Bertz CT molecular complexity index is 539. The lowest BCUT2D eigenvalue weighted by Gasteiger charge is -2.32. The summed E-state index contributed by atoms with van der Waals surface area (Å²) in [5.41, 5.74) is 0.151. The molecular weight excluding hydrogens is 248 g/mol. The molecule has 2 rings (SSSR count). The number of carboxylic acids is 1. The van der Waals surface area contributed by atoms with Crippen molar-refractivity contribution < 1.29 is 19.4 Å². The van der Waals surface area contributed by atoms with Crippen LogP contribution in [-0.4, -0.2) is 29.6 Å². The first-order valence-electron chi connectivity index (χ1n) is 5.89. The first kappa shape index (κ1) is 13.4. The number of ether oxygens (including phenoxy) is 1. The highest BCUT2D eigenvalue weighted by molar-refractivity contribution is 6.00. The maximum atomic E-state index is 11.7. The molecule has 0 saturated heterocycles. The first-order valence-corrected chi connectivity index (χ1v) is 5.89. The monoisotopic (exact) mass is 264 g/mol. The standard InChI is InChI=1S/C13H16N2O4/c1-13(2)12(18)15-8-5-4-7(6-9(8)19-13)10(14-3)11(16)17/h4-6,10,14H,1-3H3,(H,15,18)(H,16,17). The Hall–Kier alpha value is -2.08. The molecule has 6 heteroatoms. The zero-order valence-corrected chi connectivity index (χ0v) is 11.0. The largest absolute Gasteiger partial charge is 0.480 e. The summed E-state index contributed by atoms with van der Waals surface area (Å²) >= 11 is 0. The van der Waals surface area contributed by atoms with Crippen LogP contribution in [0.1, 0.15) is 25.5 Å². The second-order valence-electron chi connectivity index (χ2n) is 4.88. The summed E-state index contributed by atoms with van der Waals surface area (Å²) in [7, 11) is 1.57. The van der Waals surface area contributed by atoms with Crippen LogP contribution in [0.4, 0.5) is 5.69 Å². The number of rotatable bonds is 3. The van der Waals surface area contributed by atoms with Crippen molar-refractivity contribution in [2.24, 2.45) is 0 Å². The van der Waals surface area contributed by atoms with Crippen molar-refractivity contribution in [1.82, 2.24) is 5.32 Å². The van der Waals surface area contributed by atoms with Crippen LogP contribution in [0.25, 0.3) is 0 Å². The van der Waals surface area contributed by atoms with E-state index in [0.717, 1.165) is 0 Å². The smallest absolute Gasteiger partial charge is 0.325 e. The van der Waals surface area contributed by atoms with Gasteiger partial charge in [0.25, 0.3) is 5.91 Å². The predicted molar refractivity (Wildman–Crippen MR) is 69.2 cm³/mol. The van der Waals surface area contributed by atoms with Gasteiger partial charge in [0.05, 0.1) is 5.69 Å². The van der Waals surface area contributed by atoms with Gasteiger partial charge < -0.3 is 20.5 Å². The van der Waals surface area contributed by atoms with Crippen LogP contribution in [0.3, 0.4) is 0 Å². The lowest BCUT2D eigenvalue weighted by molar-refractivity contribution is -0.139. The number of carbonyl (C=O) groups is 2. The number of carboxylic acid groups (broad SMARTS) is 1. The van der Waals surface area contributed by atoms with E-state index in [4.69, 9.17) is 9.84 Å². The molecule has 1 aromatic carbocycles. The summed E-state index contributed by atoms with van der Waals surface area (Å²) in [6, 6.07) is 4.11. The SMILES string of the molecule is CNC(C(=O)O)c1ccc2c(c1)OC(C)(C)C(=O)N2. The van der Waals surface area contributed by atoms with Gasteiger partial charge in [0.1, 0.15) is 11.8 Å². The molecule has 0 radical (unpaired) electrons. The highest BCUT2D eigenvalue weighted by Crippen LogP contribution is 2.35. The van der Waals surface area contributed by atoms with Crippen molar-refractivity contribution >= 4 is 17.6 Å². The average Bonchev–Trinajstić information content (AvgIpc) is 2.31. The number of benzene rings is 1. The highest BCUT2D eigenvalue weighted by atomic mass is 16.5. The predicted octanol–water partition coefficient (Wildman–Crippen LogP) is 1.14. The molecular formula is C13H16N2O4. The van der Waals surface area contributed by atoms with Crippen molar-refractivity contribution in [1.29, 1.82) is 0 Å². The quantitative estimate of drug-likeness (QED) is 0.762. The molecule has 1 aliphatic heterocycles. The van der Waals surface area contributed by atoms with Crippen LogP contribution in [0, 0.1) is 0 Å². The molecule has 0 spiro atoms. The van der Waals surface area contributed by atoms with E-state index in [0.29, 0.717) is 17.0 Å². The number of hydrogen-bond acceptors (Lipinski definition) is 4. The molecule has 19 heavy (non-hydrogen) atoms. The van der Waals surface area contributed by atoms with E-state index in [9.17, 15) is 9.59 Å². The van der Waals surface area contributed by atoms with Crippen LogP contribution < -0.4 is 15.4 Å². The zero-order chi connectivity index (χ0) is 14.2. The minimum absolute atomic E-state index is 0.226. The minimum Gasteiger partial charge on any atom is -0.480 e. The van der Waals surface area contributed by atoms with Gasteiger partial charge in [0.15, 0.2) is 5.60 Å². The molecule has 6 nitrogen and oxygen atoms in total. The molecule has 1 aliphatic rings. The van der Waals surface area contributed by atoms with Crippen LogP contribution >= 0.6 is 0 Å². The summed E-state index contributed by atoms with van der Waals surface area (Å²) in [5, 5.41) is 14.5. The lowest BCUT2D eigenvalue weighted by Crippen LogP contribution is -2.45. The van der Waals surface area contributed by atoms with Gasteiger partial charge in [-0.15, -0.1) is 0 Å².